The highest BCUT2D eigenvalue weighted by Crippen LogP contribution is 2.37. The Balaban J connectivity index is 1.68. The second-order valence-electron chi connectivity index (χ2n) is 7.46. The van der Waals surface area contributed by atoms with Gasteiger partial charge >= 0.3 is 11.9 Å². The average molecular weight is 476 g/mol. The molecule has 0 radical (unpaired) electrons. The number of aliphatic hydroxyl groups is 1. The number of hydrogen-bond donors (Lipinski definition) is 2. The van der Waals surface area contributed by atoms with E-state index >= 15 is 0 Å². The maximum atomic E-state index is 12.9. The predicted molar refractivity (Wildman–Crippen MR) is 120 cm³/mol. The van der Waals surface area contributed by atoms with Gasteiger partial charge in [0.25, 0.3) is 5.56 Å². The van der Waals surface area contributed by atoms with E-state index in [1.807, 2.05) is 35.3 Å². The molecule has 0 saturated carbocycles. The summed E-state index contributed by atoms with van der Waals surface area (Å²) in [5.41, 5.74) is 0.573. The van der Waals surface area contributed by atoms with Crippen molar-refractivity contribution in [3.05, 3.63) is 86.6 Å². The molecule has 6 nitrogen and oxygen atoms in total. The molecular formula is C23H19F3N2O4S. The first-order chi connectivity index (χ1) is 15.6. The lowest BCUT2D eigenvalue weighted by Crippen LogP contribution is -2.38. The third kappa shape index (κ3) is 4.71. The van der Waals surface area contributed by atoms with Gasteiger partial charge in [-0.25, -0.2) is 4.79 Å². The fraction of sp³-hybridized carbons (Fsp3) is 0.217. The Morgan fingerprint density at radius 1 is 1.09 bits per heavy atom. The van der Waals surface area contributed by atoms with E-state index in [0.29, 0.717) is 22.8 Å². The number of ether oxygens (including phenoxy) is 1. The number of nitrogens with one attached hydrogen (secondary N) is 1. The number of thiophene rings is 1. The van der Waals surface area contributed by atoms with Gasteiger partial charge in [0.1, 0.15) is 17.2 Å². The molecule has 0 fully saturated rings. The molecule has 10 heteroatoms. The van der Waals surface area contributed by atoms with Gasteiger partial charge in [-0.15, -0.1) is 11.3 Å². The molecule has 0 spiro atoms. The zero-order chi connectivity index (χ0) is 23.8. The Morgan fingerprint density at radius 3 is 2.39 bits per heavy atom. The fourth-order valence-corrected chi connectivity index (χ4v) is 4.75. The molecule has 1 unspecified atom stereocenters. The fourth-order valence-electron chi connectivity index (χ4n) is 3.44. The Labute approximate surface area is 189 Å². The summed E-state index contributed by atoms with van der Waals surface area (Å²) in [6, 6.07) is 16.7. The number of rotatable bonds is 6. The van der Waals surface area contributed by atoms with Crippen LogP contribution >= 0.6 is 11.3 Å². The van der Waals surface area contributed by atoms with Crippen molar-refractivity contribution in [1.82, 2.24) is 9.55 Å². The van der Waals surface area contributed by atoms with Crippen LogP contribution in [0.4, 0.5) is 13.2 Å². The van der Waals surface area contributed by atoms with E-state index < -0.39 is 30.1 Å². The Kier molecular flexibility index (Phi) is 6.13. The van der Waals surface area contributed by atoms with E-state index in [9.17, 15) is 27.9 Å². The van der Waals surface area contributed by atoms with Crippen molar-refractivity contribution < 1.29 is 23.0 Å². The van der Waals surface area contributed by atoms with Crippen LogP contribution in [0, 0.1) is 6.92 Å². The topological polar surface area (TPSA) is 84.3 Å². The number of fused-ring (bicyclic) bond motifs is 1. The van der Waals surface area contributed by atoms with Crippen LogP contribution in [0.2, 0.25) is 0 Å². The van der Waals surface area contributed by atoms with Gasteiger partial charge < -0.3 is 9.84 Å². The lowest BCUT2D eigenvalue weighted by Gasteiger charge is -2.15. The first-order valence-corrected chi connectivity index (χ1v) is 10.7. The number of halogens is 3. The molecule has 2 heterocycles. The second kappa shape index (κ2) is 8.87. The van der Waals surface area contributed by atoms with Crippen molar-refractivity contribution in [3.8, 4) is 16.2 Å². The van der Waals surface area contributed by atoms with Gasteiger partial charge in [-0.1, -0.05) is 30.3 Å². The summed E-state index contributed by atoms with van der Waals surface area (Å²) in [7, 11) is 0. The third-order valence-electron chi connectivity index (χ3n) is 5.16. The van der Waals surface area contributed by atoms with Gasteiger partial charge in [-0.05, 0) is 47.9 Å². The van der Waals surface area contributed by atoms with Crippen molar-refractivity contribution in [2.75, 3.05) is 0 Å². The minimum Gasteiger partial charge on any atom is -0.489 e. The number of aromatic amines is 1. The third-order valence-corrected chi connectivity index (χ3v) is 6.53. The van der Waals surface area contributed by atoms with Crippen LogP contribution in [0.25, 0.3) is 20.7 Å². The van der Waals surface area contributed by atoms with E-state index in [0.717, 1.165) is 27.0 Å². The Bertz CT molecular complexity index is 1390. The highest BCUT2D eigenvalue weighted by Gasteiger charge is 2.39. The largest absolute Gasteiger partial charge is 0.489 e. The maximum absolute atomic E-state index is 12.9. The van der Waals surface area contributed by atoms with Crippen LogP contribution in [0.1, 0.15) is 11.1 Å². The zero-order valence-electron chi connectivity index (χ0n) is 17.3. The van der Waals surface area contributed by atoms with Crippen molar-refractivity contribution in [2.24, 2.45) is 0 Å². The smallest absolute Gasteiger partial charge is 0.416 e. The second-order valence-corrected chi connectivity index (χ2v) is 8.46. The van der Waals surface area contributed by atoms with Crippen molar-refractivity contribution >= 4 is 21.6 Å². The van der Waals surface area contributed by atoms with Crippen LogP contribution in [0.5, 0.6) is 5.75 Å². The first-order valence-electron chi connectivity index (χ1n) is 9.93. The molecule has 2 aromatic carbocycles. The summed E-state index contributed by atoms with van der Waals surface area (Å²) in [4.78, 5) is 27.4. The molecule has 172 valence electrons. The molecule has 0 aliphatic carbocycles. The molecule has 2 N–H and O–H groups in total. The number of aryl methyl sites for hydroxylation is 1. The molecule has 0 amide bonds. The quantitative estimate of drug-likeness (QED) is 0.436. The molecular weight excluding hydrogens is 457 g/mol. The molecule has 4 rings (SSSR count). The van der Waals surface area contributed by atoms with E-state index in [1.165, 1.54) is 0 Å². The summed E-state index contributed by atoms with van der Waals surface area (Å²) >= 11 is 1.02. The average Bonchev–Trinajstić information content (AvgIpc) is 3.13. The molecule has 0 saturated heterocycles. The van der Waals surface area contributed by atoms with Crippen LogP contribution in [0.3, 0.4) is 0 Å². The monoisotopic (exact) mass is 476 g/mol. The number of aliphatic hydroxyl groups excluding tert-OH is 1. The van der Waals surface area contributed by atoms with Crippen LogP contribution < -0.4 is 16.0 Å². The Hall–Kier alpha value is -3.37. The predicted octanol–water partition coefficient (Wildman–Crippen LogP) is 4.23. The van der Waals surface area contributed by atoms with Crippen molar-refractivity contribution in [1.29, 1.82) is 0 Å². The molecule has 1 atom stereocenters. The lowest BCUT2D eigenvalue weighted by atomic mass is 10.1. The normalized spacial score (nSPS) is 12.8. The van der Waals surface area contributed by atoms with Crippen molar-refractivity contribution in [2.45, 2.75) is 32.4 Å². The van der Waals surface area contributed by atoms with E-state index in [2.05, 4.69) is 0 Å². The minimum atomic E-state index is -4.90. The molecule has 0 aliphatic rings. The maximum Gasteiger partial charge on any atom is 0.416 e. The Morgan fingerprint density at radius 2 is 1.76 bits per heavy atom. The number of alkyl halides is 3. The molecule has 33 heavy (non-hydrogen) atoms. The molecule has 0 aliphatic heterocycles. The van der Waals surface area contributed by atoms with Crippen LogP contribution in [0.15, 0.2) is 64.2 Å². The SMILES string of the molecule is Cc1c(-c2ccc(OCc3ccccc3)cc2)sc2c1c(=O)[nH]c(=O)n2CC(O)C(F)(F)F. The van der Waals surface area contributed by atoms with Crippen LogP contribution in [-0.2, 0) is 13.2 Å². The van der Waals surface area contributed by atoms with E-state index in [-0.39, 0.29) is 10.2 Å². The van der Waals surface area contributed by atoms with Gasteiger partial charge in [0.05, 0.1) is 11.9 Å². The lowest BCUT2D eigenvalue weighted by molar-refractivity contribution is -0.207. The molecule has 4 aromatic rings. The number of nitrogens with zero attached hydrogens (tertiary/aromatic N) is 1. The number of benzene rings is 2. The standard InChI is InChI=1S/C23H19F3N2O4S/c1-13-18-20(30)27-22(31)28(11-17(29)23(24,25)26)21(18)33-19(13)15-7-9-16(10-8-15)32-12-14-5-3-2-4-6-14/h2-10,17,29H,11-12H2,1H3,(H,27,30,31). The first kappa shape index (κ1) is 22.8. The number of H-pyrrole nitrogens is 1. The summed E-state index contributed by atoms with van der Waals surface area (Å²) < 4.78 is 45.1. The number of hydrogen-bond acceptors (Lipinski definition) is 5. The summed E-state index contributed by atoms with van der Waals surface area (Å²) in [6.07, 6.45) is -7.64. The van der Waals surface area contributed by atoms with Crippen LogP contribution in [-0.4, -0.2) is 26.9 Å². The van der Waals surface area contributed by atoms with Gasteiger partial charge in [-0.3, -0.25) is 14.3 Å². The van der Waals surface area contributed by atoms with E-state index in [1.54, 1.807) is 31.2 Å². The van der Waals surface area contributed by atoms with E-state index in [4.69, 9.17) is 4.74 Å². The minimum absolute atomic E-state index is 0.0731. The molecule has 0 bridgehead atoms. The van der Waals surface area contributed by atoms with Gasteiger partial charge in [0, 0.05) is 4.88 Å². The highest BCUT2D eigenvalue weighted by molar-refractivity contribution is 7.22. The van der Waals surface area contributed by atoms with Crippen molar-refractivity contribution in [3.63, 3.8) is 0 Å². The van der Waals surface area contributed by atoms with Gasteiger partial charge in [0.2, 0.25) is 0 Å². The number of aromatic nitrogens is 2. The van der Waals surface area contributed by atoms with Gasteiger partial charge in [0.15, 0.2) is 6.10 Å². The summed E-state index contributed by atoms with van der Waals surface area (Å²) in [6.45, 7) is 1.05. The van der Waals surface area contributed by atoms with Gasteiger partial charge in [-0.2, -0.15) is 13.2 Å². The molecule has 2 aromatic heterocycles. The highest BCUT2D eigenvalue weighted by atomic mass is 32.1. The zero-order valence-corrected chi connectivity index (χ0v) is 18.2. The summed E-state index contributed by atoms with van der Waals surface area (Å²) in [5.74, 6) is 0.629. The summed E-state index contributed by atoms with van der Waals surface area (Å²) in [5, 5.41) is 9.58.